The first-order valence-corrected chi connectivity index (χ1v) is 6.48. The molecule has 0 heterocycles. The number of halogens is 3. The predicted molar refractivity (Wildman–Crippen MR) is 74.9 cm³/mol. The summed E-state index contributed by atoms with van der Waals surface area (Å²) >= 11 is 17.8. The third kappa shape index (κ3) is 4.32. The first-order valence-electron chi connectivity index (χ1n) is 5.29. The van der Waals surface area contributed by atoms with Gasteiger partial charge in [-0.25, -0.2) is 0 Å². The van der Waals surface area contributed by atoms with Gasteiger partial charge in [0.05, 0.1) is 22.6 Å². The van der Waals surface area contributed by atoms with E-state index in [9.17, 15) is 4.79 Å². The van der Waals surface area contributed by atoms with Crippen molar-refractivity contribution in [3.05, 3.63) is 33.8 Å². The van der Waals surface area contributed by atoms with Crippen LogP contribution < -0.4 is 0 Å². The number of benzene rings is 1. The zero-order chi connectivity index (χ0) is 13.7. The lowest BCUT2D eigenvalue weighted by Crippen LogP contribution is -2.34. The van der Waals surface area contributed by atoms with Gasteiger partial charge < -0.3 is 9.64 Å². The molecule has 0 aromatic heterocycles. The topological polar surface area (TPSA) is 29.5 Å². The number of carbonyl (C=O) groups is 1. The van der Waals surface area contributed by atoms with E-state index in [1.165, 1.54) is 4.90 Å². The zero-order valence-electron chi connectivity index (χ0n) is 10.1. The van der Waals surface area contributed by atoms with Crippen LogP contribution in [0.25, 0.3) is 0 Å². The van der Waals surface area contributed by atoms with Crippen LogP contribution in [0.2, 0.25) is 10.0 Å². The molecule has 0 radical (unpaired) electrons. The van der Waals surface area contributed by atoms with Crippen LogP contribution in [-0.2, 0) is 4.74 Å². The maximum Gasteiger partial charge on any atom is 0.255 e. The highest BCUT2D eigenvalue weighted by Crippen LogP contribution is 2.22. The summed E-state index contributed by atoms with van der Waals surface area (Å²) in [6.45, 7) is 0.750. The molecule has 0 aliphatic heterocycles. The molecule has 1 unspecified atom stereocenters. The lowest BCUT2D eigenvalue weighted by molar-refractivity contribution is 0.0782. The average molecular weight is 311 g/mol. The SMILES string of the molecule is COCC(Cl)CN(C)C(=O)c1cc(Cl)ccc1Cl. The molecule has 18 heavy (non-hydrogen) atoms. The molecule has 3 nitrogen and oxygen atoms in total. The first kappa shape index (κ1) is 15.6. The third-order valence-corrected chi connectivity index (χ3v) is 3.15. The van der Waals surface area contributed by atoms with E-state index in [2.05, 4.69) is 0 Å². The van der Waals surface area contributed by atoms with E-state index >= 15 is 0 Å². The van der Waals surface area contributed by atoms with Crippen LogP contribution in [0, 0.1) is 0 Å². The summed E-state index contributed by atoms with van der Waals surface area (Å²) in [5, 5.41) is 0.575. The van der Waals surface area contributed by atoms with E-state index in [0.717, 1.165) is 0 Å². The Morgan fingerprint density at radius 2 is 2.11 bits per heavy atom. The van der Waals surface area contributed by atoms with Gasteiger partial charge in [-0.1, -0.05) is 23.2 Å². The molecule has 0 bridgehead atoms. The van der Waals surface area contributed by atoms with Crippen LogP contribution in [0.4, 0.5) is 0 Å². The number of ether oxygens (including phenoxy) is 1. The van der Waals surface area contributed by atoms with Crippen LogP contribution in [0.5, 0.6) is 0 Å². The maximum absolute atomic E-state index is 12.1. The van der Waals surface area contributed by atoms with Gasteiger partial charge >= 0.3 is 0 Å². The molecule has 0 saturated heterocycles. The molecule has 1 aromatic carbocycles. The molecule has 1 rings (SSSR count). The Bertz CT molecular complexity index is 426. The minimum atomic E-state index is -0.262. The van der Waals surface area contributed by atoms with Gasteiger partial charge in [0.15, 0.2) is 0 Å². The molecular weight excluding hydrogens is 296 g/mol. The summed E-state index contributed by atoms with van der Waals surface area (Å²) < 4.78 is 4.92. The van der Waals surface area contributed by atoms with E-state index in [1.54, 1.807) is 32.4 Å². The number of carbonyl (C=O) groups excluding carboxylic acids is 1. The molecule has 1 aromatic rings. The van der Waals surface area contributed by atoms with Gasteiger partial charge in [-0.15, -0.1) is 11.6 Å². The summed E-state index contributed by atoms with van der Waals surface area (Å²) in [5.74, 6) is -0.218. The summed E-state index contributed by atoms with van der Waals surface area (Å²) in [6, 6.07) is 4.77. The number of hydrogen-bond acceptors (Lipinski definition) is 2. The van der Waals surface area contributed by atoms with Crippen molar-refractivity contribution >= 4 is 40.7 Å². The Morgan fingerprint density at radius 1 is 1.44 bits per heavy atom. The smallest absolute Gasteiger partial charge is 0.255 e. The largest absolute Gasteiger partial charge is 0.383 e. The molecule has 100 valence electrons. The van der Waals surface area contributed by atoms with Gasteiger partial charge in [0, 0.05) is 25.7 Å². The molecule has 0 saturated carbocycles. The summed E-state index contributed by atoms with van der Waals surface area (Å²) in [5.41, 5.74) is 0.368. The van der Waals surface area contributed by atoms with E-state index in [0.29, 0.717) is 28.8 Å². The fourth-order valence-electron chi connectivity index (χ4n) is 1.48. The normalized spacial score (nSPS) is 12.3. The number of rotatable bonds is 5. The van der Waals surface area contributed by atoms with Gasteiger partial charge in [-0.3, -0.25) is 4.79 Å². The fourth-order valence-corrected chi connectivity index (χ4v) is 2.18. The average Bonchev–Trinajstić information content (AvgIpc) is 2.31. The Labute approximate surface area is 122 Å². The van der Waals surface area contributed by atoms with Crippen molar-refractivity contribution in [3.8, 4) is 0 Å². The molecule has 0 aliphatic carbocycles. The molecule has 0 aliphatic rings. The Balaban J connectivity index is 2.77. The summed E-state index contributed by atoms with van der Waals surface area (Å²) in [7, 11) is 3.22. The van der Waals surface area contributed by atoms with Crippen molar-refractivity contribution in [1.82, 2.24) is 4.90 Å². The highest BCUT2D eigenvalue weighted by Gasteiger charge is 2.18. The standard InChI is InChI=1S/C12H14Cl3NO2/c1-16(6-9(14)7-18-2)12(17)10-5-8(13)3-4-11(10)15/h3-5,9H,6-7H2,1-2H3. The van der Waals surface area contributed by atoms with Crippen LogP contribution in [-0.4, -0.2) is 43.5 Å². The van der Waals surface area contributed by atoms with E-state index in [4.69, 9.17) is 39.5 Å². The number of methoxy groups -OCH3 is 1. The van der Waals surface area contributed by atoms with Crippen molar-refractivity contribution in [2.45, 2.75) is 5.38 Å². The monoisotopic (exact) mass is 309 g/mol. The van der Waals surface area contributed by atoms with Gasteiger partial charge in [0.1, 0.15) is 0 Å². The fraction of sp³-hybridized carbons (Fsp3) is 0.417. The Hall–Kier alpha value is -0.480. The second-order valence-electron chi connectivity index (χ2n) is 3.86. The second kappa shape index (κ2) is 7.19. The van der Waals surface area contributed by atoms with Gasteiger partial charge in [-0.2, -0.15) is 0 Å². The van der Waals surface area contributed by atoms with Gasteiger partial charge in [0.25, 0.3) is 5.91 Å². The molecule has 6 heteroatoms. The lowest BCUT2D eigenvalue weighted by Gasteiger charge is -2.20. The van der Waals surface area contributed by atoms with Crippen LogP contribution >= 0.6 is 34.8 Å². The number of alkyl halides is 1. The predicted octanol–water partition coefficient (Wildman–Crippen LogP) is 3.32. The minimum absolute atomic E-state index is 0.218. The van der Waals surface area contributed by atoms with Gasteiger partial charge in [0.2, 0.25) is 0 Å². The summed E-state index contributed by atoms with van der Waals surface area (Å²) in [6.07, 6.45) is 0. The highest BCUT2D eigenvalue weighted by atomic mass is 35.5. The Morgan fingerprint density at radius 3 is 2.72 bits per heavy atom. The lowest BCUT2D eigenvalue weighted by atomic mass is 10.2. The maximum atomic E-state index is 12.1. The van der Waals surface area contributed by atoms with E-state index in [-0.39, 0.29) is 11.3 Å². The Kier molecular flexibility index (Phi) is 6.22. The molecule has 0 spiro atoms. The second-order valence-corrected chi connectivity index (χ2v) is 5.32. The van der Waals surface area contributed by atoms with Crippen LogP contribution in [0.1, 0.15) is 10.4 Å². The van der Waals surface area contributed by atoms with Crippen molar-refractivity contribution in [1.29, 1.82) is 0 Å². The highest BCUT2D eigenvalue weighted by molar-refractivity contribution is 6.35. The minimum Gasteiger partial charge on any atom is -0.383 e. The van der Waals surface area contributed by atoms with E-state index in [1.807, 2.05) is 0 Å². The molecule has 0 fully saturated rings. The molecular formula is C12H14Cl3NO2. The molecule has 0 N–H and O–H groups in total. The van der Waals surface area contributed by atoms with Crippen LogP contribution in [0.15, 0.2) is 18.2 Å². The molecule has 1 atom stereocenters. The third-order valence-electron chi connectivity index (χ3n) is 2.32. The quantitative estimate of drug-likeness (QED) is 0.781. The van der Waals surface area contributed by atoms with Crippen molar-refractivity contribution in [3.63, 3.8) is 0 Å². The molecule has 1 amide bonds. The zero-order valence-corrected chi connectivity index (χ0v) is 12.4. The van der Waals surface area contributed by atoms with Crippen molar-refractivity contribution < 1.29 is 9.53 Å². The van der Waals surface area contributed by atoms with Crippen LogP contribution in [0.3, 0.4) is 0 Å². The van der Waals surface area contributed by atoms with Crippen molar-refractivity contribution in [2.75, 3.05) is 27.3 Å². The van der Waals surface area contributed by atoms with Gasteiger partial charge in [-0.05, 0) is 18.2 Å². The first-order chi connectivity index (χ1) is 8.45. The summed E-state index contributed by atoms with van der Waals surface area (Å²) in [4.78, 5) is 13.6. The number of nitrogens with zero attached hydrogens (tertiary/aromatic N) is 1. The van der Waals surface area contributed by atoms with Crippen molar-refractivity contribution in [2.24, 2.45) is 0 Å². The number of amides is 1. The van der Waals surface area contributed by atoms with E-state index < -0.39 is 0 Å². The number of hydrogen-bond donors (Lipinski definition) is 0.